The molecule has 0 heterocycles. The second-order valence-corrected chi connectivity index (χ2v) is 5.41. The molecule has 1 aromatic carbocycles. The molecule has 1 aromatic rings. The van der Waals surface area contributed by atoms with E-state index < -0.39 is 0 Å². The van der Waals surface area contributed by atoms with Crippen LogP contribution < -0.4 is 10.5 Å². The lowest BCUT2D eigenvalue weighted by Crippen LogP contribution is -2.34. The van der Waals surface area contributed by atoms with Crippen molar-refractivity contribution in [3.8, 4) is 5.75 Å². The van der Waals surface area contributed by atoms with E-state index in [2.05, 4.69) is 28.9 Å². The van der Waals surface area contributed by atoms with Crippen LogP contribution in [0.2, 0.25) is 0 Å². The molecule has 2 nitrogen and oxygen atoms in total. The third kappa shape index (κ3) is 1.87. The molecule has 0 radical (unpaired) electrons. The van der Waals surface area contributed by atoms with Crippen LogP contribution in [0.15, 0.2) is 16.6 Å². The van der Waals surface area contributed by atoms with Crippen LogP contribution in [0, 0.1) is 6.92 Å². The zero-order valence-corrected chi connectivity index (χ0v) is 11.4. The van der Waals surface area contributed by atoms with Crippen LogP contribution in [0.1, 0.15) is 36.8 Å². The zero-order valence-electron chi connectivity index (χ0n) is 9.85. The van der Waals surface area contributed by atoms with Gasteiger partial charge in [0.1, 0.15) is 5.75 Å². The van der Waals surface area contributed by atoms with Crippen molar-refractivity contribution in [1.29, 1.82) is 0 Å². The molecule has 0 unspecified atom stereocenters. The Morgan fingerprint density at radius 1 is 1.31 bits per heavy atom. The molecular weight excluding hydrogens is 266 g/mol. The van der Waals surface area contributed by atoms with Gasteiger partial charge >= 0.3 is 0 Å². The molecule has 3 heteroatoms. The lowest BCUT2D eigenvalue weighted by Gasteiger charge is -2.27. The minimum atomic E-state index is -0.126. The summed E-state index contributed by atoms with van der Waals surface area (Å²) in [6.07, 6.45) is 4.65. The Kier molecular flexibility index (Phi) is 3.27. The Morgan fingerprint density at radius 2 is 1.94 bits per heavy atom. The summed E-state index contributed by atoms with van der Waals surface area (Å²) in [5.41, 5.74) is 8.83. The Labute approximate surface area is 105 Å². The molecule has 1 fully saturated rings. The first kappa shape index (κ1) is 11.9. The van der Waals surface area contributed by atoms with Crippen molar-refractivity contribution in [2.45, 2.75) is 38.1 Å². The molecule has 0 atom stereocenters. The van der Waals surface area contributed by atoms with Crippen molar-refractivity contribution in [3.63, 3.8) is 0 Å². The summed E-state index contributed by atoms with van der Waals surface area (Å²) in [5, 5.41) is 0. The van der Waals surface area contributed by atoms with Crippen LogP contribution in [-0.4, -0.2) is 7.11 Å². The predicted molar refractivity (Wildman–Crippen MR) is 69.8 cm³/mol. The summed E-state index contributed by atoms with van der Waals surface area (Å²) in [6, 6.07) is 4.11. The Hall–Kier alpha value is -0.540. The molecular formula is C13H18BrNO. The van der Waals surface area contributed by atoms with E-state index in [0.29, 0.717) is 0 Å². The van der Waals surface area contributed by atoms with Crippen molar-refractivity contribution in [1.82, 2.24) is 0 Å². The van der Waals surface area contributed by atoms with E-state index in [1.54, 1.807) is 7.11 Å². The Bertz CT molecular complexity index is 397. The van der Waals surface area contributed by atoms with E-state index in [-0.39, 0.29) is 5.54 Å². The van der Waals surface area contributed by atoms with Crippen molar-refractivity contribution >= 4 is 15.9 Å². The molecule has 16 heavy (non-hydrogen) atoms. The van der Waals surface area contributed by atoms with Crippen LogP contribution in [0.4, 0.5) is 0 Å². The Balaban J connectivity index is 2.46. The highest BCUT2D eigenvalue weighted by Gasteiger charge is 2.33. The van der Waals surface area contributed by atoms with Crippen LogP contribution in [0.3, 0.4) is 0 Å². The second-order valence-electron chi connectivity index (χ2n) is 4.62. The highest BCUT2D eigenvalue weighted by atomic mass is 79.9. The van der Waals surface area contributed by atoms with E-state index in [1.165, 1.54) is 24.0 Å². The minimum Gasteiger partial charge on any atom is -0.496 e. The Morgan fingerprint density at radius 3 is 2.50 bits per heavy atom. The van der Waals surface area contributed by atoms with Gasteiger partial charge in [0.05, 0.1) is 11.6 Å². The summed E-state index contributed by atoms with van der Waals surface area (Å²) >= 11 is 3.58. The van der Waals surface area contributed by atoms with Crippen molar-refractivity contribution in [2.24, 2.45) is 5.73 Å². The molecule has 0 aliphatic heterocycles. The number of rotatable bonds is 2. The van der Waals surface area contributed by atoms with E-state index in [4.69, 9.17) is 10.5 Å². The molecule has 1 aliphatic rings. The number of halogens is 1. The average Bonchev–Trinajstić information content (AvgIpc) is 2.70. The second kappa shape index (κ2) is 4.38. The van der Waals surface area contributed by atoms with Gasteiger partial charge in [-0.15, -0.1) is 0 Å². The molecule has 0 spiro atoms. The molecule has 1 saturated carbocycles. The third-order valence-electron chi connectivity index (χ3n) is 3.60. The summed E-state index contributed by atoms with van der Waals surface area (Å²) in [7, 11) is 1.69. The maximum Gasteiger partial charge on any atom is 0.133 e. The molecule has 0 amide bonds. The number of benzene rings is 1. The lowest BCUT2D eigenvalue weighted by atomic mass is 9.86. The van der Waals surface area contributed by atoms with E-state index >= 15 is 0 Å². The molecule has 0 aromatic heterocycles. The third-order valence-corrected chi connectivity index (χ3v) is 4.59. The van der Waals surface area contributed by atoms with Gasteiger partial charge in [0.2, 0.25) is 0 Å². The fraction of sp³-hybridized carbons (Fsp3) is 0.538. The number of nitrogens with two attached hydrogens (primary N) is 1. The number of ether oxygens (including phenoxy) is 1. The first-order chi connectivity index (χ1) is 7.58. The highest BCUT2D eigenvalue weighted by molar-refractivity contribution is 9.10. The highest BCUT2D eigenvalue weighted by Crippen LogP contribution is 2.41. The van der Waals surface area contributed by atoms with Gasteiger partial charge in [-0.05, 0) is 52.9 Å². The first-order valence-electron chi connectivity index (χ1n) is 5.71. The quantitative estimate of drug-likeness (QED) is 0.902. The molecule has 2 N–H and O–H groups in total. The topological polar surface area (TPSA) is 35.2 Å². The van der Waals surface area contributed by atoms with Crippen LogP contribution in [-0.2, 0) is 5.54 Å². The summed E-state index contributed by atoms with van der Waals surface area (Å²) in [5.74, 6) is 0.878. The van der Waals surface area contributed by atoms with Gasteiger partial charge in [-0.1, -0.05) is 18.9 Å². The number of hydrogen-bond acceptors (Lipinski definition) is 2. The lowest BCUT2D eigenvalue weighted by molar-refractivity contribution is 0.409. The van der Waals surface area contributed by atoms with Crippen LogP contribution in [0.25, 0.3) is 0 Å². The average molecular weight is 284 g/mol. The first-order valence-corrected chi connectivity index (χ1v) is 6.50. The van der Waals surface area contributed by atoms with Crippen LogP contribution >= 0.6 is 15.9 Å². The van der Waals surface area contributed by atoms with Crippen molar-refractivity contribution in [2.75, 3.05) is 7.11 Å². The summed E-state index contributed by atoms with van der Waals surface area (Å²) < 4.78 is 6.32. The summed E-state index contributed by atoms with van der Waals surface area (Å²) in [4.78, 5) is 0. The maximum absolute atomic E-state index is 6.48. The van der Waals surface area contributed by atoms with E-state index in [0.717, 1.165) is 23.1 Å². The van der Waals surface area contributed by atoms with Gasteiger partial charge in [-0.2, -0.15) is 0 Å². The molecule has 0 bridgehead atoms. The van der Waals surface area contributed by atoms with Gasteiger partial charge in [-0.3, -0.25) is 0 Å². The SMILES string of the molecule is COc1ccc(C2(N)CCCC2)c(C)c1Br. The van der Waals surface area contributed by atoms with Crippen molar-refractivity contribution < 1.29 is 4.74 Å². The van der Waals surface area contributed by atoms with Crippen LogP contribution in [0.5, 0.6) is 5.75 Å². The molecule has 88 valence electrons. The smallest absolute Gasteiger partial charge is 0.133 e. The standard InChI is InChI=1S/C13H18BrNO/c1-9-10(13(15)7-3-4-8-13)5-6-11(16-2)12(9)14/h5-6H,3-4,7-8,15H2,1-2H3. The number of methoxy groups -OCH3 is 1. The zero-order chi connectivity index (χ0) is 11.8. The summed E-state index contributed by atoms with van der Waals surface area (Å²) in [6.45, 7) is 2.11. The minimum absolute atomic E-state index is 0.126. The van der Waals surface area contributed by atoms with Gasteiger partial charge in [0, 0.05) is 5.54 Å². The molecule has 1 aliphatic carbocycles. The normalized spacial score (nSPS) is 18.8. The van der Waals surface area contributed by atoms with Gasteiger partial charge in [0.15, 0.2) is 0 Å². The van der Waals surface area contributed by atoms with Crippen molar-refractivity contribution in [3.05, 3.63) is 27.7 Å². The maximum atomic E-state index is 6.48. The largest absolute Gasteiger partial charge is 0.496 e. The fourth-order valence-corrected chi connectivity index (χ4v) is 3.14. The van der Waals surface area contributed by atoms with E-state index in [9.17, 15) is 0 Å². The molecule has 2 rings (SSSR count). The van der Waals surface area contributed by atoms with E-state index in [1.807, 2.05) is 6.07 Å². The predicted octanol–water partition coefficient (Wildman–Crippen LogP) is 3.49. The van der Waals surface area contributed by atoms with Gasteiger partial charge < -0.3 is 10.5 Å². The van der Waals surface area contributed by atoms with Gasteiger partial charge in [-0.25, -0.2) is 0 Å². The number of hydrogen-bond donors (Lipinski definition) is 1. The van der Waals surface area contributed by atoms with Gasteiger partial charge in [0.25, 0.3) is 0 Å². The fourth-order valence-electron chi connectivity index (χ4n) is 2.63. The monoisotopic (exact) mass is 283 g/mol. The molecule has 0 saturated heterocycles.